The van der Waals surface area contributed by atoms with E-state index in [0.717, 1.165) is 28.4 Å². The van der Waals surface area contributed by atoms with E-state index in [0.29, 0.717) is 18.2 Å². The van der Waals surface area contributed by atoms with E-state index in [4.69, 9.17) is 0 Å². The lowest BCUT2D eigenvalue weighted by atomic mass is 10.1. The number of nitrogens with zero attached hydrogens (tertiary/aromatic N) is 1. The Balaban J connectivity index is 1.54. The molecule has 3 rings (SSSR count). The van der Waals surface area contributed by atoms with E-state index in [2.05, 4.69) is 21.2 Å². The monoisotopic (exact) mass is 412 g/mol. The van der Waals surface area contributed by atoms with Crippen LogP contribution in [0.4, 0.5) is 0 Å². The molecular weight excluding hydrogens is 392 g/mol. The summed E-state index contributed by atoms with van der Waals surface area (Å²) >= 11 is 3.40. The predicted molar refractivity (Wildman–Crippen MR) is 107 cm³/mol. The molecule has 0 heterocycles. The third-order valence-electron chi connectivity index (χ3n) is 4.21. The minimum absolute atomic E-state index is 0.0339. The van der Waals surface area contributed by atoms with Crippen molar-refractivity contribution in [1.82, 2.24) is 10.2 Å². The van der Waals surface area contributed by atoms with Gasteiger partial charge in [0.05, 0.1) is 0 Å². The number of hydrogen-bond acceptors (Lipinski definition) is 2. The molecule has 0 atom stereocenters. The van der Waals surface area contributed by atoms with Crippen molar-refractivity contribution >= 4 is 33.8 Å². The summed E-state index contributed by atoms with van der Waals surface area (Å²) in [4.78, 5) is 25.9. The molecule has 2 aromatic carbocycles. The van der Waals surface area contributed by atoms with E-state index in [-0.39, 0.29) is 11.8 Å². The maximum absolute atomic E-state index is 12.3. The van der Waals surface area contributed by atoms with Gasteiger partial charge in [-0.25, -0.2) is 0 Å². The molecule has 0 saturated heterocycles. The number of carbonyl (C=O) groups is 2. The number of likely N-dealkylation sites (N-methyl/N-ethyl adjacent to an activating group) is 1. The van der Waals surface area contributed by atoms with Crippen LogP contribution < -0.4 is 5.32 Å². The van der Waals surface area contributed by atoms with Gasteiger partial charge in [0, 0.05) is 35.7 Å². The Kier molecular flexibility index (Phi) is 5.89. The van der Waals surface area contributed by atoms with Crippen LogP contribution in [0, 0.1) is 0 Å². The molecule has 2 amide bonds. The van der Waals surface area contributed by atoms with Crippen molar-refractivity contribution < 1.29 is 9.59 Å². The zero-order chi connectivity index (χ0) is 18.5. The lowest BCUT2D eigenvalue weighted by Gasteiger charge is -2.15. The van der Waals surface area contributed by atoms with Crippen molar-refractivity contribution in [1.29, 1.82) is 0 Å². The zero-order valence-corrected chi connectivity index (χ0v) is 16.2. The number of rotatable bonds is 6. The Labute approximate surface area is 162 Å². The van der Waals surface area contributed by atoms with Gasteiger partial charge >= 0.3 is 0 Å². The summed E-state index contributed by atoms with van der Waals surface area (Å²) < 4.78 is 1.02. The second kappa shape index (κ2) is 8.32. The summed E-state index contributed by atoms with van der Waals surface area (Å²) in [5.74, 6) is -0.100. The van der Waals surface area contributed by atoms with Gasteiger partial charge in [-0.05, 0) is 54.3 Å². The highest BCUT2D eigenvalue weighted by atomic mass is 79.9. The van der Waals surface area contributed by atoms with E-state index >= 15 is 0 Å². The number of halogens is 1. The molecule has 1 N–H and O–H groups in total. The molecule has 4 nitrogen and oxygen atoms in total. The Morgan fingerprint density at radius 2 is 1.77 bits per heavy atom. The molecule has 0 bridgehead atoms. The van der Waals surface area contributed by atoms with Crippen LogP contribution in [0.3, 0.4) is 0 Å². The molecular formula is C21H21BrN2O2. The summed E-state index contributed by atoms with van der Waals surface area (Å²) in [6.07, 6.45) is 5.46. The van der Waals surface area contributed by atoms with Gasteiger partial charge in [0.15, 0.2) is 0 Å². The molecule has 0 aliphatic heterocycles. The minimum atomic E-state index is -0.0662. The number of amides is 2. The van der Waals surface area contributed by atoms with E-state index in [1.807, 2.05) is 36.4 Å². The van der Waals surface area contributed by atoms with Crippen LogP contribution in [0.25, 0.3) is 6.08 Å². The maximum atomic E-state index is 12.3. The molecule has 134 valence electrons. The Morgan fingerprint density at radius 3 is 2.38 bits per heavy atom. The first-order valence-corrected chi connectivity index (χ1v) is 9.39. The van der Waals surface area contributed by atoms with E-state index < -0.39 is 0 Å². The summed E-state index contributed by atoms with van der Waals surface area (Å²) in [6, 6.07) is 15.5. The number of nitrogens with one attached hydrogen (secondary N) is 1. The second-order valence-electron chi connectivity index (χ2n) is 6.52. The largest absolute Gasteiger partial charge is 0.349 e. The van der Waals surface area contributed by atoms with Crippen molar-refractivity contribution in [2.75, 3.05) is 7.05 Å². The van der Waals surface area contributed by atoms with Crippen molar-refractivity contribution in [3.05, 3.63) is 75.8 Å². The highest BCUT2D eigenvalue weighted by Gasteiger charge is 2.23. The van der Waals surface area contributed by atoms with Crippen molar-refractivity contribution in [3.8, 4) is 0 Å². The number of carbonyl (C=O) groups excluding carboxylic acids is 2. The fourth-order valence-electron chi connectivity index (χ4n) is 2.48. The summed E-state index contributed by atoms with van der Waals surface area (Å²) in [6.45, 7) is 0.552. The molecule has 0 spiro atoms. The lowest BCUT2D eigenvalue weighted by Crippen LogP contribution is -2.25. The first kappa shape index (κ1) is 18.4. The molecule has 0 aromatic heterocycles. The molecule has 0 unspecified atom stereocenters. The van der Waals surface area contributed by atoms with Crippen molar-refractivity contribution in [2.24, 2.45) is 0 Å². The average molecular weight is 413 g/mol. The van der Waals surface area contributed by atoms with Crippen LogP contribution in [-0.4, -0.2) is 29.8 Å². The third-order valence-corrected chi connectivity index (χ3v) is 4.74. The molecule has 5 heteroatoms. The van der Waals surface area contributed by atoms with Crippen molar-refractivity contribution in [2.45, 2.75) is 25.4 Å². The van der Waals surface area contributed by atoms with Crippen LogP contribution >= 0.6 is 15.9 Å². The SMILES string of the molecule is CN(Cc1ccc(Br)cc1)C(=O)/C=C/c1ccc(C(=O)NC2CC2)cc1. The zero-order valence-electron chi connectivity index (χ0n) is 14.6. The minimum Gasteiger partial charge on any atom is -0.349 e. The van der Waals surface area contributed by atoms with Gasteiger partial charge in [0.25, 0.3) is 5.91 Å². The molecule has 1 aliphatic rings. The first-order chi connectivity index (χ1) is 12.5. The molecule has 1 aliphatic carbocycles. The third kappa shape index (κ3) is 5.30. The summed E-state index contributed by atoms with van der Waals surface area (Å²) in [5, 5.41) is 2.96. The highest BCUT2D eigenvalue weighted by molar-refractivity contribution is 9.10. The Morgan fingerprint density at radius 1 is 1.12 bits per heavy atom. The van der Waals surface area contributed by atoms with E-state index in [9.17, 15) is 9.59 Å². The van der Waals surface area contributed by atoms with Gasteiger partial charge < -0.3 is 10.2 Å². The normalized spacial score (nSPS) is 13.6. The predicted octanol–water partition coefficient (Wildman–Crippen LogP) is 4.01. The van der Waals surface area contributed by atoms with Crippen LogP contribution in [0.15, 0.2) is 59.1 Å². The van der Waals surface area contributed by atoms with E-state index in [1.165, 1.54) is 0 Å². The molecule has 1 fully saturated rings. The fourth-order valence-corrected chi connectivity index (χ4v) is 2.74. The topological polar surface area (TPSA) is 49.4 Å². The molecule has 26 heavy (non-hydrogen) atoms. The van der Waals surface area contributed by atoms with Gasteiger partial charge in [-0.2, -0.15) is 0 Å². The van der Waals surface area contributed by atoms with Gasteiger partial charge in [-0.3, -0.25) is 9.59 Å². The number of benzene rings is 2. The highest BCUT2D eigenvalue weighted by Crippen LogP contribution is 2.19. The average Bonchev–Trinajstić information content (AvgIpc) is 3.46. The van der Waals surface area contributed by atoms with Crippen molar-refractivity contribution in [3.63, 3.8) is 0 Å². The van der Waals surface area contributed by atoms with Crippen LogP contribution in [-0.2, 0) is 11.3 Å². The van der Waals surface area contributed by atoms with E-state index in [1.54, 1.807) is 36.2 Å². The summed E-state index contributed by atoms with van der Waals surface area (Å²) in [5.41, 5.74) is 2.61. The lowest BCUT2D eigenvalue weighted by molar-refractivity contribution is -0.125. The maximum Gasteiger partial charge on any atom is 0.251 e. The number of hydrogen-bond donors (Lipinski definition) is 1. The van der Waals surface area contributed by atoms with Crippen LogP contribution in [0.2, 0.25) is 0 Å². The molecule has 0 radical (unpaired) electrons. The molecule has 2 aromatic rings. The first-order valence-electron chi connectivity index (χ1n) is 8.60. The van der Waals surface area contributed by atoms with Gasteiger partial charge in [-0.15, -0.1) is 0 Å². The van der Waals surface area contributed by atoms with Gasteiger partial charge in [0.2, 0.25) is 5.91 Å². The van der Waals surface area contributed by atoms with Gasteiger partial charge in [-0.1, -0.05) is 40.2 Å². The molecule has 1 saturated carbocycles. The Hall–Kier alpha value is -2.40. The second-order valence-corrected chi connectivity index (χ2v) is 7.44. The quantitative estimate of drug-likeness (QED) is 0.728. The van der Waals surface area contributed by atoms with Crippen LogP contribution in [0.5, 0.6) is 0 Å². The van der Waals surface area contributed by atoms with Gasteiger partial charge in [0.1, 0.15) is 0 Å². The smallest absolute Gasteiger partial charge is 0.251 e. The van der Waals surface area contributed by atoms with Crippen LogP contribution in [0.1, 0.15) is 34.3 Å². The Bertz CT molecular complexity index is 809. The summed E-state index contributed by atoms with van der Waals surface area (Å²) in [7, 11) is 1.78. The standard InChI is InChI=1S/C21H21BrN2O2/c1-24(14-16-4-9-18(22)10-5-16)20(25)13-6-15-2-7-17(8-3-15)21(26)23-19-11-12-19/h2-10,13,19H,11-12,14H2,1H3,(H,23,26)/b13-6+. The fraction of sp³-hybridized carbons (Fsp3) is 0.238.